The van der Waals surface area contributed by atoms with Crippen LogP contribution in [-0.4, -0.2) is 36.2 Å². The fourth-order valence-corrected chi connectivity index (χ4v) is 1.97. The van der Waals surface area contributed by atoms with Crippen molar-refractivity contribution in [3.05, 3.63) is 30.3 Å². The number of para-hydroxylation sites is 1. The van der Waals surface area contributed by atoms with E-state index in [1.165, 1.54) is 0 Å². The average Bonchev–Trinajstić information content (AvgIpc) is 2.38. The van der Waals surface area contributed by atoms with Crippen LogP contribution in [0.1, 0.15) is 12.8 Å². The van der Waals surface area contributed by atoms with Gasteiger partial charge in [-0.1, -0.05) is 18.2 Å². The molecule has 1 N–H and O–H groups in total. The summed E-state index contributed by atoms with van der Waals surface area (Å²) >= 11 is 0. The van der Waals surface area contributed by atoms with E-state index < -0.39 is 12.1 Å². The van der Waals surface area contributed by atoms with Crippen molar-refractivity contribution in [1.82, 2.24) is 0 Å². The summed E-state index contributed by atoms with van der Waals surface area (Å²) in [6.45, 7) is 0.942. The second-order valence-electron chi connectivity index (χ2n) is 4.12. The molecule has 0 radical (unpaired) electrons. The number of hydrogen-bond acceptors (Lipinski definition) is 3. The second-order valence-corrected chi connectivity index (χ2v) is 4.12. The first-order chi connectivity index (χ1) is 8.68. The lowest BCUT2D eigenvalue weighted by atomic mass is 10.1. The zero-order valence-corrected chi connectivity index (χ0v) is 9.91. The van der Waals surface area contributed by atoms with Crippen molar-refractivity contribution >= 4 is 17.6 Å². The number of ether oxygens (including phenoxy) is 1. The van der Waals surface area contributed by atoms with Crippen molar-refractivity contribution in [2.75, 3.05) is 18.1 Å². The number of morpholine rings is 1. The van der Waals surface area contributed by atoms with Crippen LogP contribution < -0.4 is 4.90 Å². The van der Waals surface area contributed by atoms with Crippen LogP contribution in [0.4, 0.5) is 5.69 Å². The Balaban J connectivity index is 2.05. The molecule has 1 atom stereocenters. The van der Waals surface area contributed by atoms with Gasteiger partial charge in [0, 0.05) is 18.7 Å². The maximum atomic E-state index is 12.1. The van der Waals surface area contributed by atoms with Gasteiger partial charge in [0.2, 0.25) is 0 Å². The molecule has 1 amide bonds. The molecule has 1 unspecified atom stereocenters. The normalized spacial score (nSPS) is 19.9. The third-order valence-electron chi connectivity index (χ3n) is 2.86. The summed E-state index contributed by atoms with van der Waals surface area (Å²) in [7, 11) is 0. The Hall–Kier alpha value is -1.88. The first-order valence-electron chi connectivity index (χ1n) is 5.88. The SMILES string of the molecule is O=C(O)CCC1OCCN(c2ccccc2)C1=O. The minimum absolute atomic E-state index is 0.0565. The number of hydrogen-bond donors (Lipinski definition) is 1. The van der Waals surface area contributed by atoms with E-state index in [0.717, 1.165) is 5.69 Å². The maximum absolute atomic E-state index is 12.1. The van der Waals surface area contributed by atoms with Crippen molar-refractivity contribution < 1.29 is 19.4 Å². The molecule has 0 aliphatic carbocycles. The molecule has 96 valence electrons. The lowest BCUT2D eigenvalue weighted by Gasteiger charge is -2.32. The zero-order valence-electron chi connectivity index (χ0n) is 9.91. The fourth-order valence-electron chi connectivity index (χ4n) is 1.97. The number of carboxylic acids is 1. The largest absolute Gasteiger partial charge is 0.481 e. The minimum Gasteiger partial charge on any atom is -0.481 e. The molecule has 1 saturated heterocycles. The monoisotopic (exact) mass is 249 g/mol. The van der Waals surface area contributed by atoms with E-state index >= 15 is 0 Å². The molecule has 0 bridgehead atoms. The number of rotatable bonds is 4. The lowest BCUT2D eigenvalue weighted by Crippen LogP contribution is -2.48. The smallest absolute Gasteiger partial charge is 0.303 e. The summed E-state index contributed by atoms with van der Waals surface area (Å²) in [6.07, 6.45) is -0.480. The van der Waals surface area contributed by atoms with Crippen LogP contribution in [0.15, 0.2) is 30.3 Å². The highest BCUT2D eigenvalue weighted by molar-refractivity contribution is 5.97. The quantitative estimate of drug-likeness (QED) is 0.873. The summed E-state index contributed by atoms with van der Waals surface area (Å²) in [5.74, 6) is -1.07. The van der Waals surface area contributed by atoms with Crippen molar-refractivity contribution in [3.8, 4) is 0 Å². The molecular formula is C13H15NO4. The number of carbonyl (C=O) groups is 2. The van der Waals surface area contributed by atoms with Gasteiger partial charge in [0.25, 0.3) is 5.91 Å². The summed E-state index contributed by atoms with van der Waals surface area (Å²) in [6, 6.07) is 9.33. The number of carboxylic acid groups (broad SMARTS) is 1. The standard InChI is InChI=1S/C13H15NO4/c15-12(16)7-6-11-13(17)14(8-9-18-11)10-4-2-1-3-5-10/h1-5,11H,6-9H2,(H,15,16). The van der Waals surface area contributed by atoms with Crippen LogP contribution in [0, 0.1) is 0 Å². The number of aliphatic carboxylic acids is 1. The molecule has 1 aliphatic rings. The molecule has 0 aromatic heterocycles. The molecular weight excluding hydrogens is 234 g/mol. The topological polar surface area (TPSA) is 66.8 Å². The maximum Gasteiger partial charge on any atom is 0.303 e. The lowest BCUT2D eigenvalue weighted by molar-refractivity contribution is -0.140. The Bertz CT molecular complexity index is 432. The summed E-state index contributed by atoms with van der Waals surface area (Å²) in [5, 5.41) is 8.63. The van der Waals surface area contributed by atoms with E-state index in [2.05, 4.69) is 0 Å². The van der Waals surface area contributed by atoms with Gasteiger partial charge >= 0.3 is 5.97 Å². The molecule has 0 spiro atoms. The number of nitrogens with zero attached hydrogens (tertiary/aromatic N) is 1. The zero-order chi connectivity index (χ0) is 13.0. The van der Waals surface area contributed by atoms with Crippen molar-refractivity contribution in [2.24, 2.45) is 0 Å². The third-order valence-corrected chi connectivity index (χ3v) is 2.86. The Kier molecular flexibility index (Phi) is 3.94. The molecule has 5 heteroatoms. The average molecular weight is 249 g/mol. The van der Waals surface area contributed by atoms with Gasteiger partial charge in [0.15, 0.2) is 0 Å². The summed E-state index contributed by atoms with van der Waals surface area (Å²) in [5.41, 5.74) is 0.825. The molecule has 0 saturated carbocycles. The van der Waals surface area contributed by atoms with Gasteiger partial charge in [-0.25, -0.2) is 0 Å². The van der Waals surface area contributed by atoms with Crippen LogP contribution >= 0.6 is 0 Å². The van der Waals surface area contributed by atoms with Gasteiger partial charge < -0.3 is 14.7 Å². The van der Waals surface area contributed by atoms with Crippen molar-refractivity contribution in [2.45, 2.75) is 18.9 Å². The predicted molar refractivity (Wildman–Crippen MR) is 65.4 cm³/mol. The number of anilines is 1. The van der Waals surface area contributed by atoms with E-state index in [9.17, 15) is 9.59 Å². The highest BCUT2D eigenvalue weighted by Crippen LogP contribution is 2.20. The Morgan fingerprint density at radius 2 is 2.11 bits per heavy atom. The van der Waals surface area contributed by atoms with E-state index in [1.54, 1.807) is 4.90 Å². The van der Waals surface area contributed by atoms with Gasteiger partial charge in [-0.3, -0.25) is 9.59 Å². The van der Waals surface area contributed by atoms with Gasteiger partial charge in [-0.05, 0) is 18.6 Å². The molecule has 1 heterocycles. The van der Waals surface area contributed by atoms with Crippen LogP contribution in [0.25, 0.3) is 0 Å². The van der Waals surface area contributed by atoms with E-state index in [4.69, 9.17) is 9.84 Å². The van der Waals surface area contributed by atoms with Crippen LogP contribution in [-0.2, 0) is 14.3 Å². The van der Waals surface area contributed by atoms with Crippen LogP contribution in [0.3, 0.4) is 0 Å². The molecule has 5 nitrogen and oxygen atoms in total. The number of amides is 1. The van der Waals surface area contributed by atoms with E-state index in [1.807, 2.05) is 30.3 Å². The third kappa shape index (κ3) is 2.87. The van der Waals surface area contributed by atoms with Gasteiger partial charge in [0.1, 0.15) is 6.10 Å². The van der Waals surface area contributed by atoms with Gasteiger partial charge in [-0.2, -0.15) is 0 Å². The predicted octanol–water partition coefficient (Wildman–Crippen LogP) is 1.28. The van der Waals surface area contributed by atoms with E-state index in [-0.39, 0.29) is 18.7 Å². The Labute approximate surface area is 105 Å². The van der Waals surface area contributed by atoms with E-state index in [0.29, 0.717) is 13.2 Å². The van der Waals surface area contributed by atoms with Gasteiger partial charge in [-0.15, -0.1) is 0 Å². The molecule has 1 aliphatic heterocycles. The minimum atomic E-state index is -0.914. The number of benzene rings is 1. The molecule has 1 fully saturated rings. The first-order valence-corrected chi connectivity index (χ1v) is 5.88. The van der Waals surface area contributed by atoms with Crippen molar-refractivity contribution in [1.29, 1.82) is 0 Å². The molecule has 2 rings (SSSR count). The molecule has 1 aromatic rings. The summed E-state index contributed by atoms with van der Waals surface area (Å²) < 4.78 is 5.34. The number of carbonyl (C=O) groups excluding carboxylic acids is 1. The van der Waals surface area contributed by atoms with Gasteiger partial charge in [0.05, 0.1) is 6.61 Å². The van der Waals surface area contributed by atoms with Crippen LogP contribution in [0.5, 0.6) is 0 Å². The molecule has 18 heavy (non-hydrogen) atoms. The van der Waals surface area contributed by atoms with Crippen molar-refractivity contribution in [3.63, 3.8) is 0 Å². The first kappa shape index (κ1) is 12.6. The second kappa shape index (κ2) is 5.64. The summed E-state index contributed by atoms with van der Waals surface area (Å²) in [4.78, 5) is 24.3. The highest BCUT2D eigenvalue weighted by atomic mass is 16.5. The van der Waals surface area contributed by atoms with Crippen LogP contribution in [0.2, 0.25) is 0 Å². The highest BCUT2D eigenvalue weighted by Gasteiger charge is 2.30. The fraction of sp³-hybridized carbons (Fsp3) is 0.385. The Morgan fingerprint density at radius 3 is 2.78 bits per heavy atom. The Morgan fingerprint density at radius 1 is 1.39 bits per heavy atom. The molecule has 1 aromatic carbocycles.